The molecule has 6 nitrogen and oxygen atoms in total. The second-order valence-electron chi connectivity index (χ2n) is 5.62. The molecule has 0 aliphatic carbocycles. The molecular weight excluding hydrogens is 353 g/mol. The van der Waals surface area contributed by atoms with Crippen molar-refractivity contribution in [2.45, 2.75) is 19.4 Å². The van der Waals surface area contributed by atoms with Crippen LogP contribution in [0.2, 0.25) is 10.0 Å². The number of nitrogens with zero attached hydrogens (tertiary/aromatic N) is 2. The van der Waals surface area contributed by atoms with E-state index in [9.17, 15) is 14.4 Å². The SMILES string of the molecule is CC(NC(=O)c1cccc(Cl)c1Cl)C(=O)N1CCCN(C=O)CC1. The molecule has 1 atom stereocenters. The molecule has 1 aromatic carbocycles. The lowest BCUT2D eigenvalue weighted by Crippen LogP contribution is -2.48. The molecule has 1 heterocycles. The summed E-state index contributed by atoms with van der Waals surface area (Å²) < 4.78 is 0. The molecule has 0 radical (unpaired) electrons. The standard InChI is InChI=1S/C16H19Cl2N3O3/c1-11(16(24)21-7-3-6-20(10-22)8-9-21)19-15(23)12-4-2-5-13(17)14(12)18/h2,4-5,10-11H,3,6-9H2,1H3,(H,19,23). The van der Waals surface area contributed by atoms with Crippen LogP contribution in [-0.2, 0) is 9.59 Å². The van der Waals surface area contributed by atoms with E-state index < -0.39 is 11.9 Å². The highest BCUT2D eigenvalue weighted by Gasteiger charge is 2.25. The fourth-order valence-corrected chi connectivity index (χ4v) is 2.94. The van der Waals surface area contributed by atoms with Crippen LogP contribution in [0.5, 0.6) is 0 Å². The molecule has 1 aliphatic rings. The van der Waals surface area contributed by atoms with Gasteiger partial charge in [-0.05, 0) is 25.5 Å². The van der Waals surface area contributed by atoms with Crippen LogP contribution in [0.4, 0.5) is 0 Å². The van der Waals surface area contributed by atoms with Crippen molar-refractivity contribution in [3.63, 3.8) is 0 Å². The second-order valence-corrected chi connectivity index (χ2v) is 6.40. The smallest absolute Gasteiger partial charge is 0.253 e. The lowest BCUT2D eigenvalue weighted by molar-refractivity contribution is -0.133. The summed E-state index contributed by atoms with van der Waals surface area (Å²) in [5.41, 5.74) is 0.229. The van der Waals surface area contributed by atoms with Crippen molar-refractivity contribution in [1.82, 2.24) is 15.1 Å². The average Bonchev–Trinajstić information content (AvgIpc) is 2.81. The zero-order chi connectivity index (χ0) is 17.7. The van der Waals surface area contributed by atoms with Gasteiger partial charge < -0.3 is 15.1 Å². The van der Waals surface area contributed by atoms with Gasteiger partial charge in [0.1, 0.15) is 6.04 Å². The van der Waals surface area contributed by atoms with E-state index in [0.29, 0.717) is 32.6 Å². The first kappa shape index (κ1) is 18.5. The maximum Gasteiger partial charge on any atom is 0.253 e. The van der Waals surface area contributed by atoms with E-state index in [1.54, 1.807) is 34.9 Å². The fraction of sp³-hybridized carbons (Fsp3) is 0.438. The predicted molar refractivity (Wildman–Crippen MR) is 92.2 cm³/mol. The number of carbonyl (C=O) groups is 3. The van der Waals surface area contributed by atoms with Gasteiger partial charge >= 0.3 is 0 Å². The number of nitrogens with one attached hydrogen (secondary N) is 1. The molecule has 0 bridgehead atoms. The summed E-state index contributed by atoms with van der Waals surface area (Å²) in [6.45, 7) is 3.76. The molecule has 0 aromatic heterocycles. The van der Waals surface area contributed by atoms with Gasteiger partial charge in [-0.25, -0.2) is 0 Å². The first-order valence-electron chi connectivity index (χ1n) is 7.67. The van der Waals surface area contributed by atoms with E-state index in [1.807, 2.05) is 0 Å². The quantitative estimate of drug-likeness (QED) is 0.820. The minimum atomic E-state index is -0.699. The molecule has 1 N–H and O–H groups in total. The normalized spacial score (nSPS) is 16.3. The Kier molecular flexibility index (Phi) is 6.45. The Bertz CT molecular complexity index is 639. The molecule has 0 spiro atoms. The molecule has 0 saturated carbocycles. The topological polar surface area (TPSA) is 69.7 Å². The van der Waals surface area contributed by atoms with E-state index in [-0.39, 0.29) is 21.5 Å². The summed E-state index contributed by atoms with van der Waals surface area (Å²) in [4.78, 5) is 38.9. The Morgan fingerprint density at radius 2 is 1.96 bits per heavy atom. The summed E-state index contributed by atoms with van der Waals surface area (Å²) in [5.74, 6) is -0.637. The molecule has 8 heteroatoms. The molecule has 1 unspecified atom stereocenters. The third-order valence-corrected chi connectivity index (χ3v) is 4.72. The Hall–Kier alpha value is -1.79. The van der Waals surface area contributed by atoms with Gasteiger partial charge in [-0.2, -0.15) is 0 Å². The maximum absolute atomic E-state index is 12.5. The Morgan fingerprint density at radius 3 is 2.67 bits per heavy atom. The Morgan fingerprint density at radius 1 is 1.21 bits per heavy atom. The number of amides is 3. The zero-order valence-corrected chi connectivity index (χ0v) is 14.8. The summed E-state index contributed by atoms with van der Waals surface area (Å²) >= 11 is 11.9. The van der Waals surface area contributed by atoms with Crippen LogP contribution in [-0.4, -0.2) is 60.2 Å². The second kappa shape index (κ2) is 8.35. The number of halogens is 2. The number of hydrogen-bond donors (Lipinski definition) is 1. The largest absolute Gasteiger partial charge is 0.343 e. The Labute approximate surface area is 150 Å². The summed E-state index contributed by atoms with van der Waals surface area (Å²) in [5, 5.41) is 3.09. The van der Waals surface area contributed by atoms with E-state index in [0.717, 1.165) is 6.41 Å². The van der Waals surface area contributed by atoms with Gasteiger partial charge in [0.25, 0.3) is 5.91 Å². The van der Waals surface area contributed by atoms with Crippen LogP contribution in [0.25, 0.3) is 0 Å². The van der Waals surface area contributed by atoms with Crippen LogP contribution < -0.4 is 5.32 Å². The lowest BCUT2D eigenvalue weighted by Gasteiger charge is -2.24. The highest BCUT2D eigenvalue weighted by Crippen LogP contribution is 2.25. The Balaban J connectivity index is 1.99. The minimum absolute atomic E-state index is 0.160. The molecule has 130 valence electrons. The summed E-state index contributed by atoms with van der Waals surface area (Å²) in [6.07, 6.45) is 1.51. The lowest BCUT2D eigenvalue weighted by atomic mass is 10.2. The molecule has 1 fully saturated rings. The number of carbonyl (C=O) groups excluding carboxylic acids is 3. The van der Waals surface area contributed by atoms with Crippen LogP contribution >= 0.6 is 23.2 Å². The van der Waals surface area contributed by atoms with Gasteiger partial charge in [-0.3, -0.25) is 14.4 Å². The van der Waals surface area contributed by atoms with Crippen molar-refractivity contribution in [2.75, 3.05) is 26.2 Å². The van der Waals surface area contributed by atoms with Crippen molar-refractivity contribution in [3.8, 4) is 0 Å². The van der Waals surface area contributed by atoms with Crippen LogP contribution in [0, 0.1) is 0 Å². The van der Waals surface area contributed by atoms with Crippen molar-refractivity contribution in [3.05, 3.63) is 33.8 Å². The number of benzene rings is 1. The molecule has 2 rings (SSSR count). The van der Waals surface area contributed by atoms with Gasteiger partial charge in [-0.1, -0.05) is 29.3 Å². The van der Waals surface area contributed by atoms with Gasteiger partial charge in [-0.15, -0.1) is 0 Å². The van der Waals surface area contributed by atoms with E-state index in [1.165, 1.54) is 0 Å². The van der Waals surface area contributed by atoms with Crippen molar-refractivity contribution in [2.24, 2.45) is 0 Å². The van der Waals surface area contributed by atoms with Gasteiger partial charge in [0.05, 0.1) is 15.6 Å². The molecule has 1 aromatic rings. The van der Waals surface area contributed by atoms with Crippen molar-refractivity contribution in [1.29, 1.82) is 0 Å². The van der Waals surface area contributed by atoms with E-state index in [2.05, 4.69) is 5.32 Å². The number of rotatable bonds is 4. The van der Waals surface area contributed by atoms with Crippen LogP contribution in [0.1, 0.15) is 23.7 Å². The van der Waals surface area contributed by atoms with E-state index >= 15 is 0 Å². The van der Waals surface area contributed by atoms with Crippen LogP contribution in [0.3, 0.4) is 0 Å². The fourth-order valence-electron chi connectivity index (χ4n) is 2.55. The van der Waals surface area contributed by atoms with E-state index in [4.69, 9.17) is 23.2 Å². The maximum atomic E-state index is 12.5. The predicted octanol–water partition coefficient (Wildman–Crippen LogP) is 1.80. The molecular formula is C16H19Cl2N3O3. The molecule has 3 amide bonds. The zero-order valence-electron chi connectivity index (χ0n) is 13.3. The highest BCUT2D eigenvalue weighted by atomic mass is 35.5. The molecule has 1 aliphatic heterocycles. The van der Waals surface area contributed by atoms with Gasteiger partial charge in [0.15, 0.2) is 0 Å². The summed E-state index contributed by atoms with van der Waals surface area (Å²) in [6, 6.07) is 4.06. The molecule has 24 heavy (non-hydrogen) atoms. The molecule has 1 saturated heterocycles. The van der Waals surface area contributed by atoms with Gasteiger partial charge in [0.2, 0.25) is 12.3 Å². The van der Waals surface area contributed by atoms with Crippen LogP contribution in [0.15, 0.2) is 18.2 Å². The minimum Gasteiger partial charge on any atom is -0.343 e. The third kappa shape index (κ3) is 4.39. The van der Waals surface area contributed by atoms with Crippen molar-refractivity contribution >= 4 is 41.4 Å². The number of hydrogen-bond acceptors (Lipinski definition) is 3. The first-order chi connectivity index (χ1) is 11.4. The average molecular weight is 372 g/mol. The highest BCUT2D eigenvalue weighted by molar-refractivity contribution is 6.43. The van der Waals surface area contributed by atoms with Crippen molar-refractivity contribution < 1.29 is 14.4 Å². The summed E-state index contributed by atoms with van der Waals surface area (Å²) in [7, 11) is 0. The monoisotopic (exact) mass is 371 g/mol. The third-order valence-electron chi connectivity index (χ3n) is 3.91. The first-order valence-corrected chi connectivity index (χ1v) is 8.42. The van der Waals surface area contributed by atoms with Gasteiger partial charge in [0, 0.05) is 26.2 Å².